The zero-order valence-electron chi connectivity index (χ0n) is 10.1. The van der Waals surface area contributed by atoms with Gasteiger partial charge in [-0.25, -0.2) is 4.98 Å². The summed E-state index contributed by atoms with van der Waals surface area (Å²) in [4.78, 5) is 4.43. The number of benzene rings is 1. The number of aromatic nitrogens is 1. The molecule has 0 bridgehead atoms. The molecule has 0 aliphatic heterocycles. The van der Waals surface area contributed by atoms with Gasteiger partial charge in [-0.05, 0) is 24.6 Å². The summed E-state index contributed by atoms with van der Waals surface area (Å²) in [6, 6.07) is 12.1. The summed E-state index contributed by atoms with van der Waals surface area (Å²) in [7, 11) is 1.61. The van der Waals surface area contributed by atoms with E-state index in [2.05, 4.69) is 24.0 Å². The van der Waals surface area contributed by atoms with E-state index in [-0.39, 0.29) is 0 Å². The van der Waals surface area contributed by atoms with E-state index in [1.807, 2.05) is 24.3 Å². The normalized spacial score (nSPS) is 10.3. The summed E-state index contributed by atoms with van der Waals surface area (Å²) in [6.45, 7) is 2.55. The number of pyridine rings is 1. The second-order valence-electron chi connectivity index (χ2n) is 3.98. The minimum atomic E-state index is 0.484. The van der Waals surface area contributed by atoms with Crippen molar-refractivity contribution in [3.05, 3.63) is 47.5 Å². The van der Waals surface area contributed by atoms with Gasteiger partial charge in [0.2, 0.25) is 5.88 Å². The summed E-state index contributed by atoms with van der Waals surface area (Å²) in [5.74, 6) is 0.601. The van der Waals surface area contributed by atoms with Crippen LogP contribution in [0.15, 0.2) is 36.4 Å². The van der Waals surface area contributed by atoms with Gasteiger partial charge in [0, 0.05) is 18.2 Å². The van der Waals surface area contributed by atoms with E-state index in [0.29, 0.717) is 12.4 Å². The van der Waals surface area contributed by atoms with Gasteiger partial charge in [-0.1, -0.05) is 23.8 Å². The molecule has 0 saturated carbocycles. The van der Waals surface area contributed by atoms with Crippen molar-refractivity contribution >= 4 is 0 Å². The Hall–Kier alpha value is -1.87. The van der Waals surface area contributed by atoms with Crippen LogP contribution >= 0.6 is 0 Å². The molecule has 88 valence electrons. The molecule has 0 radical (unpaired) electrons. The Morgan fingerprint density at radius 2 is 2.06 bits per heavy atom. The van der Waals surface area contributed by atoms with Gasteiger partial charge < -0.3 is 10.5 Å². The zero-order valence-corrected chi connectivity index (χ0v) is 10.1. The molecule has 0 aliphatic rings. The maximum Gasteiger partial charge on any atom is 0.213 e. The van der Waals surface area contributed by atoms with Crippen LogP contribution in [0.3, 0.4) is 0 Å². The molecule has 3 heteroatoms. The molecule has 0 unspecified atom stereocenters. The van der Waals surface area contributed by atoms with Crippen molar-refractivity contribution in [1.29, 1.82) is 0 Å². The first-order valence-electron chi connectivity index (χ1n) is 5.55. The second kappa shape index (κ2) is 4.97. The van der Waals surface area contributed by atoms with Gasteiger partial charge in [0.1, 0.15) is 0 Å². The molecular weight excluding hydrogens is 212 g/mol. The van der Waals surface area contributed by atoms with Crippen LogP contribution in [0.5, 0.6) is 5.88 Å². The first kappa shape index (κ1) is 11.6. The molecule has 3 nitrogen and oxygen atoms in total. The molecule has 1 heterocycles. The average molecular weight is 228 g/mol. The van der Waals surface area contributed by atoms with E-state index in [4.69, 9.17) is 10.5 Å². The molecule has 2 rings (SSSR count). The molecule has 2 N–H and O–H groups in total. The lowest BCUT2D eigenvalue weighted by Gasteiger charge is -2.07. The molecule has 0 saturated heterocycles. The van der Waals surface area contributed by atoms with E-state index in [1.165, 1.54) is 5.56 Å². The van der Waals surface area contributed by atoms with Crippen LogP contribution in [-0.4, -0.2) is 12.1 Å². The molecule has 2 aromatic rings. The lowest BCUT2D eigenvalue weighted by molar-refractivity contribution is 0.398. The van der Waals surface area contributed by atoms with E-state index in [9.17, 15) is 0 Å². The second-order valence-corrected chi connectivity index (χ2v) is 3.98. The number of nitrogens with zero attached hydrogens (tertiary/aromatic N) is 1. The Morgan fingerprint density at radius 3 is 2.71 bits per heavy atom. The number of aryl methyl sites for hydroxylation is 1. The van der Waals surface area contributed by atoms with E-state index >= 15 is 0 Å². The van der Waals surface area contributed by atoms with Crippen molar-refractivity contribution in [2.75, 3.05) is 7.11 Å². The average Bonchev–Trinajstić information content (AvgIpc) is 2.38. The Bertz CT molecular complexity index is 501. The minimum Gasteiger partial charge on any atom is -0.481 e. The molecule has 0 amide bonds. The Balaban J connectivity index is 2.50. The van der Waals surface area contributed by atoms with Crippen molar-refractivity contribution in [2.45, 2.75) is 13.5 Å². The number of nitrogens with two attached hydrogens (primary N) is 1. The first-order chi connectivity index (χ1) is 8.22. The third-order valence-corrected chi connectivity index (χ3v) is 2.62. The monoisotopic (exact) mass is 228 g/mol. The maximum absolute atomic E-state index is 5.67. The van der Waals surface area contributed by atoms with Crippen molar-refractivity contribution in [3.8, 4) is 17.1 Å². The van der Waals surface area contributed by atoms with Gasteiger partial charge in [-0.3, -0.25) is 0 Å². The molecule has 0 fully saturated rings. The summed E-state index contributed by atoms with van der Waals surface area (Å²) in [6.07, 6.45) is 0. The lowest BCUT2D eigenvalue weighted by Crippen LogP contribution is -1.99. The Kier molecular flexibility index (Phi) is 3.40. The highest BCUT2D eigenvalue weighted by molar-refractivity contribution is 5.61. The van der Waals surface area contributed by atoms with Crippen LogP contribution in [-0.2, 0) is 6.54 Å². The zero-order chi connectivity index (χ0) is 12.3. The van der Waals surface area contributed by atoms with Crippen LogP contribution in [0, 0.1) is 6.92 Å². The smallest absolute Gasteiger partial charge is 0.213 e. The predicted octanol–water partition coefficient (Wildman–Crippen LogP) is 2.52. The molecule has 0 aliphatic carbocycles. The van der Waals surface area contributed by atoms with E-state index in [0.717, 1.165) is 16.8 Å². The van der Waals surface area contributed by atoms with Crippen LogP contribution in [0.4, 0.5) is 0 Å². The third-order valence-electron chi connectivity index (χ3n) is 2.62. The van der Waals surface area contributed by atoms with Gasteiger partial charge in [0.25, 0.3) is 0 Å². The highest BCUT2D eigenvalue weighted by atomic mass is 16.5. The van der Waals surface area contributed by atoms with Crippen molar-refractivity contribution in [3.63, 3.8) is 0 Å². The molecule has 0 spiro atoms. The van der Waals surface area contributed by atoms with Crippen LogP contribution in [0.1, 0.15) is 11.1 Å². The summed E-state index contributed by atoms with van der Waals surface area (Å²) in [5.41, 5.74) is 9.88. The molecule has 1 aromatic carbocycles. The van der Waals surface area contributed by atoms with Gasteiger partial charge in [-0.15, -0.1) is 0 Å². The number of hydrogen-bond donors (Lipinski definition) is 1. The fourth-order valence-corrected chi connectivity index (χ4v) is 1.73. The Labute approximate surface area is 101 Å². The summed E-state index contributed by atoms with van der Waals surface area (Å²) >= 11 is 0. The molecule has 0 atom stereocenters. The van der Waals surface area contributed by atoms with Gasteiger partial charge in [-0.2, -0.15) is 0 Å². The van der Waals surface area contributed by atoms with Gasteiger partial charge in [0.15, 0.2) is 0 Å². The van der Waals surface area contributed by atoms with Crippen molar-refractivity contribution in [1.82, 2.24) is 4.98 Å². The van der Waals surface area contributed by atoms with Gasteiger partial charge in [0.05, 0.1) is 12.8 Å². The van der Waals surface area contributed by atoms with Crippen molar-refractivity contribution in [2.24, 2.45) is 5.73 Å². The quantitative estimate of drug-likeness (QED) is 0.878. The SMILES string of the molecule is COc1cc(CN)cc(-c2cccc(C)c2)n1. The molecular formula is C14H16N2O. The van der Waals surface area contributed by atoms with E-state index < -0.39 is 0 Å². The highest BCUT2D eigenvalue weighted by Crippen LogP contribution is 2.22. The fourth-order valence-electron chi connectivity index (χ4n) is 1.73. The number of ether oxygens (including phenoxy) is 1. The maximum atomic E-state index is 5.67. The van der Waals surface area contributed by atoms with Crippen LogP contribution in [0.25, 0.3) is 11.3 Å². The summed E-state index contributed by atoms with van der Waals surface area (Å²) < 4.78 is 5.18. The van der Waals surface area contributed by atoms with E-state index in [1.54, 1.807) is 7.11 Å². The Morgan fingerprint density at radius 1 is 1.24 bits per heavy atom. The first-order valence-corrected chi connectivity index (χ1v) is 5.55. The molecule has 1 aromatic heterocycles. The minimum absolute atomic E-state index is 0.484. The lowest BCUT2D eigenvalue weighted by atomic mass is 10.1. The summed E-state index contributed by atoms with van der Waals surface area (Å²) in [5, 5.41) is 0. The fraction of sp³-hybridized carbons (Fsp3) is 0.214. The van der Waals surface area contributed by atoms with Crippen molar-refractivity contribution < 1.29 is 4.74 Å². The standard InChI is InChI=1S/C14H16N2O/c1-10-4-3-5-12(6-10)13-7-11(9-15)8-14(16-13)17-2/h3-8H,9,15H2,1-2H3. The number of hydrogen-bond acceptors (Lipinski definition) is 3. The number of rotatable bonds is 3. The largest absolute Gasteiger partial charge is 0.481 e. The molecule has 17 heavy (non-hydrogen) atoms. The third kappa shape index (κ3) is 2.63. The number of methoxy groups -OCH3 is 1. The van der Waals surface area contributed by atoms with Gasteiger partial charge >= 0.3 is 0 Å². The highest BCUT2D eigenvalue weighted by Gasteiger charge is 2.04. The van der Waals surface area contributed by atoms with Crippen LogP contribution < -0.4 is 10.5 Å². The topological polar surface area (TPSA) is 48.1 Å². The predicted molar refractivity (Wildman–Crippen MR) is 68.9 cm³/mol. The van der Waals surface area contributed by atoms with Crippen LogP contribution in [0.2, 0.25) is 0 Å².